The molecule has 4 heteroatoms. The minimum atomic E-state index is 0.0573. The third-order valence-electron chi connectivity index (χ3n) is 4.46. The van der Waals surface area contributed by atoms with Gasteiger partial charge in [-0.1, -0.05) is 0 Å². The maximum absolute atomic E-state index is 12.3. The van der Waals surface area contributed by atoms with E-state index >= 15 is 0 Å². The molecular formula is C15H17N3O. The number of nitrogens with zero attached hydrogens (tertiary/aromatic N) is 1. The second kappa shape index (κ2) is 4.10. The highest BCUT2D eigenvalue weighted by atomic mass is 16.1. The average molecular weight is 255 g/mol. The summed E-state index contributed by atoms with van der Waals surface area (Å²) < 4.78 is 0. The molecule has 0 aliphatic carbocycles. The summed E-state index contributed by atoms with van der Waals surface area (Å²) in [4.78, 5) is 17.9. The Labute approximate surface area is 111 Å². The van der Waals surface area contributed by atoms with Crippen molar-refractivity contribution in [1.82, 2.24) is 15.2 Å². The summed E-state index contributed by atoms with van der Waals surface area (Å²) in [6, 6.07) is 8.14. The van der Waals surface area contributed by atoms with Gasteiger partial charge in [0.2, 0.25) is 0 Å². The van der Waals surface area contributed by atoms with E-state index in [2.05, 4.69) is 15.2 Å². The highest BCUT2D eigenvalue weighted by Crippen LogP contribution is 2.28. The largest absolute Gasteiger partial charge is 0.361 e. The second-order valence-electron chi connectivity index (χ2n) is 5.67. The topological polar surface area (TPSA) is 48.1 Å². The second-order valence-corrected chi connectivity index (χ2v) is 5.67. The van der Waals surface area contributed by atoms with Gasteiger partial charge in [-0.3, -0.25) is 4.79 Å². The molecule has 1 aromatic heterocycles. The Bertz CT molecular complexity index is 633. The van der Waals surface area contributed by atoms with Crippen LogP contribution < -0.4 is 5.32 Å². The number of rotatable bonds is 2. The predicted molar refractivity (Wildman–Crippen MR) is 74.1 cm³/mol. The lowest BCUT2D eigenvalue weighted by Crippen LogP contribution is -2.43. The molecule has 2 aliphatic heterocycles. The molecule has 4 nitrogen and oxygen atoms in total. The zero-order valence-electron chi connectivity index (χ0n) is 10.7. The number of fused-ring (bicyclic) bond motifs is 3. The maximum Gasteiger partial charge on any atom is 0.251 e. The number of hydrogen-bond donors (Lipinski definition) is 2. The Kier molecular flexibility index (Phi) is 2.38. The van der Waals surface area contributed by atoms with Crippen molar-refractivity contribution in [2.45, 2.75) is 12.5 Å². The first-order chi connectivity index (χ1) is 9.29. The van der Waals surface area contributed by atoms with E-state index in [1.54, 1.807) is 0 Å². The van der Waals surface area contributed by atoms with Gasteiger partial charge in [0.05, 0.1) is 0 Å². The van der Waals surface area contributed by atoms with Crippen LogP contribution in [0.4, 0.5) is 0 Å². The third kappa shape index (κ3) is 1.83. The van der Waals surface area contributed by atoms with E-state index in [1.807, 2.05) is 30.5 Å². The molecule has 2 aromatic rings. The zero-order valence-corrected chi connectivity index (χ0v) is 10.7. The predicted octanol–water partition coefficient (Wildman–Crippen LogP) is 1.60. The number of H-pyrrole nitrogens is 1. The summed E-state index contributed by atoms with van der Waals surface area (Å²) >= 11 is 0. The van der Waals surface area contributed by atoms with Crippen LogP contribution in [0, 0.1) is 5.92 Å². The van der Waals surface area contributed by atoms with Gasteiger partial charge in [0.15, 0.2) is 0 Å². The lowest BCUT2D eigenvalue weighted by Gasteiger charge is -2.23. The maximum atomic E-state index is 12.3. The lowest BCUT2D eigenvalue weighted by atomic mass is 9.99. The molecule has 0 saturated carbocycles. The fraction of sp³-hybridized carbons (Fsp3) is 0.400. The number of aromatic amines is 1. The fourth-order valence-electron chi connectivity index (χ4n) is 3.39. The van der Waals surface area contributed by atoms with Crippen LogP contribution in [-0.2, 0) is 0 Å². The Balaban J connectivity index is 1.53. The molecule has 2 aliphatic rings. The van der Waals surface area contributed by atoms with Crippen molar-refractivity contribution >= 4 is 16.8 Å². The lowest BCUT2D eigenvalue weighted by molar-refractivity contribution is 0.0924. The molecule has 2 bridgehead atoms. The van der Waals surface area contributed by atoms with Gasteiger partial charge < -0.3 is 15.2 Å². The number of carbonyl (C=O) groups excluding carboxylic acids is 1. The highest BCUT2D eigenvalue weighted by Gasteiger charge is 2.38. The number of carbonyl (C=O) groups is 1. The zero-order chi connectivity index (χ0) is 12.8. The first kappa shape index (κ1) is 11.1. The molecule has 2 fully saturated rings. The van der Waals surface area contributed by atoms with Crippen LogP contribution >= 0.6 is 0 Å². The molecule has 98 valence electrons. The van der Waals surface area contributed by atoms with Crippen molar-refractivity contribution < 1.29 is 4.79 Å². The summed E-state index contributed by atoms with van der Waals surface area (Å²) in [5, 5.41) is 4.28. The van der Waals surface area contributed by atoms with E-state index < -0.39 is 0 Å². The van der Waals surface area contributed by atoms with Gasteiger partial charge in [0.1, 0.15) is 0 Å². The summed E-state index contributed by atoms with van der Waals surface area (Å²) in [5.41, 5.74) is 1.83. The number of benzene rings is 1. The number of nitrogens with one attached hydrogen (secondary N) is 2. The van der Waals surface area contributed by atoms with Gasteiger partial charge in [-0.15, -0.1) is 0 Å². The van der Waals surface area contributed by atoms with E-state index in [-0.39, 0.29) is 5.91 Å². The number of amides is 1. The molecule has 2 N–H and O–H groups in total. The van der Waals surface area contributed by atoms with Crippen molar-refractivity contribution in [2.75, 3.05) is 19.6 Å². The van der Waals surface area contributed by atoms with E-state index in [0.717, 1.165) is 29.6 Å². The van der Waals surface area contributed by atoms with Crippen LogP contribution in [0.25, 0.3) is 10.9 Å². The Morgan fingerprint density at radius 1 is 1.32 bits per heavy atom. The van der Waals surface area contributed by atoms with E-state index in [0.29, 0.717) is 12.0 Å². The first-order valence-corrected chi connectivity index (χ1v) is 6.90. The van der Waals surface area contributed by atoms with Crippen molar-refractivity contribution in [3.63, 3.8) is 0 Å². The number of hydrogen-bond acceptors (Lipinski definition) is 2. The van der Waals surface area contributed by atoms with Gasteiger partial charge >= 0.3 is 0 Å². The fourth-order valence-corrected chi connectivity index (χ4v) is 3.39. The molecule has 3 atom stereocenters. The molecular weight excluding hydrogens is 238 g/mol. The van der Waals surface area contributed by atoms with Crippen molar-refractivity contribution in [2.24, 2.45) is 5.92 Å². The minimum Gasteiger partial charge on any atom is -0.361 e. The Morgan fingerprint density at radius 3 is 3.05 bits per heavy atom. The summed E-state index contributed by atoms with van der Waals surface area (Å²) in [7, 11) is 0. The monoisotopic (exact) mass is 255 g/mol. The summed E-state index contributed by atoms with van der Waals surface area (Å²) in [6.07, 6.45) is 3.12. The Hall–Kier alpha value is -1.81. The van der Waals surface area contributed by atoms with Gasteiger partial charge in [0.25, 0.3) is 5.91 Å². The van der Waals surface area contributed by atoms with Crippen LogP contribution in [0.3, 0.4) is 0 Å². The molecule has 1 aromatic carbocycles. The molecule has 1 amide bonds. The smallest absolute Gasteiger partial charge is 0.251 e. The van der Waals surface area contributed by atoms with E-state index in [1.165, 1.54) is 13.0 Å². The SMILES string of the molecule is O=C(NC1CN2CCC1C2)c1ccc2[nH]ccc2c1. The molecule has 3 unspecified atom stereocenters. The summed E-state index contributed by atoms with van der Waals surface area (Å²) in [5.74, 6) is 0.710. The normalized spacial score (nSPS) is 28.9. The first-order valence-electron chi connectivity index (χ1n) is 6.90. The van der Waals surface area contributed by atoms with Crippen LogP contribution in [0.1, 0.15) is 16.8 Å². The van der Waals surface area contributed by atoms with E-state index in [9.17, 15) is 4.79 Å². The van der Waals surface area contributed by atoms with Gasteiger partial charge in [0, 0.05) is 41.8 Å². The van der Waals surface area contributed by atoms with Crippen molar-refractivity contribution in [3.05, 3.63) is 36.0 Å². The minimum absolute atomic E-state index is 0.0573. The van der Waals surface area contributed by atoms with Gasteiger partial charge in [-0.05, 0) is 43.1 Å². The van der Waals surface area contributed by atoms with Crippen LogP contribution in [-0.4, -0.2) is 41.5 Å². The molecule has 19 heavy (non-hydrogen) atoms. The van der Waals surface area contributed by atoms with Crippen LogP contribution in [0.5, 0.6) is 0 Å². The molecule has 0 spiro atoms. The molecule has 2 saturated heterocycles. The van der Waals surface area contributed by atoms with Crippen molar-refractivity contribution in [3.8, 4) is 0 Å². The van der Waals surface area contributed by atoms with Crippen molar-refractivity contribution in [1.29, 1.82) is 0 Å². The molecule has 0 radical (unpaired) electrons. The standard InChI is InChI=1S/C15H17N3O/c19-15(17-14-9-18-6-4-12(14)8-18)11-1-2-13-10(7-11)3-5-16-13/h1-3,5,7,12,14,16H,4,6,8-9H2,(H,17,19). The number of piperidine rings is 1. The van der Waals surface area contributed by atoms with Gasteiger partial charge in [-0.2, -0.15) is 0 Å². The summed E-state index contributed by atoms with van der Waals surface area (Å²) in [6.45, 7) is 3.37. The molecule has 3 heterocycles. The third-order valence-corrected chi connectivity index (χ3v) is 4.46. The average Bonchev–Trinajstić information content (AvgIpc) is 3.13. The van der Waals surface area contributed by atoms with E-state index in [4.69, 9.17) is 0 Å². The van der Waals surface area contributed by atoms with Crippen LogP contribution in [0.2, 0.25) is 0 Å². The number of aromatic nitrogens is 1. The molecule has 4 rings (SSSR count). The Morgan fingerprint density at radius 2 is 2.26 bits per heavy atom. The highest BCUT2D eigenvalue weighted by molar-refractivity contribution is 5.98. The van der Waals surface area contributed by atoms with Crippen LogP contribution in [0.15, 0.2) is 30.5 Å². The quantitative estimate of drug-likeness (QED) is 0.856. The van der Waals surface area contributed by atoms with Gasteiger partial charge in [-0.25, -0.2) is 0 Å².